The first-order valence-electron chi connectivity index (χ1n) is 7.71. The summed E-state index contributed by atoms with van der Waals surface area (Å²) in [7, 11) is 0. The van der Waals surface area contributed by atoms with Crippen LogP contribution in [0.3, 0.4) is 0 Å². The highest BCUT2D eigenvalue weighted by Crippen LogP contribution is 2.13. The van der Waals surface area contributed by atoms with Crippen molar-refractivity contribution in [2.75, 3.05) is 13.1 Å². The highest BCUT2D eigenvalue weighted by molar-refractivity contribution is 7.09. The van der Waals surface area contributed by atoms with E-state index in [-0.39, 0.29) is 5.91 Å². The predicted molar refractivity (Wildman–Crippen MR) is 89.0 cm³/mol. The number of thiazole rings is 1. The van der Waals surface area contributed by atoms with Crippen LogP contribution >= 0.6 is 11.3 Å². The van der Waals surface area contributed by atoms with Crippen LogP contribution in [0.1, 0.15) is 39.5 Å². The van der Waals surface area contributed by atoms with E-state index in [4.69, 9.17) is 0 Å². The Labute approximate surface area is 135 Å². The molecule has 2 heterocycles. The van der Waals surface area contributed by atoms with Crippen molar-refractivity contribution >= 4 is 17.2 Å². The molecule has 22 heavy (non-hydrogen) atoms. The van der Waals surface area contributed by atoms with E-state index < -0.39 is 0 Å². The average Bonchev–Trinajstić information content (AvgIpc) is 3.17. The SMILES string of the molecule is Cc1csc(CNC(=O)c2ccc(CN3CCCC3)cc2)n1. The summed E-state index contributed by atoms with van der Waals surface area (Å²) in [6.45, 7) is 5.82. The smallest absolute Gasteiger partial charge is 0.251 e. The fourth-order valence-corrected chi connectivity index (χ4v) is 3.41. The highest BCUT2D eigenvalue weighted by atomic mass is 32.1. The zero-order valence-electron chi connectivity index (χ0n) is 12.8. The molecule has 1 amide bonds. The van der Waals surface area contributed by atoms with Crippen molar-refractivity contribution in [2.24, 2.45) is 0 Å². The van der Waals surface area contributed by atoms with Crippen LogP contribution in [0, 0.1) is 6.92 Å². The summed E-state index contributed by atoms with van der Waals surface area (Å²) in [4.78, 5) is 18.9. The van der Waals surface area contributed by atoms with Gasteiger partial charge in [-0.15, -0.1) is 11.3 Å². The molecule has 1 N–H and O–H groups in total. The number of nitrogens with one attached hydrogen (secondary N) is 1. The maximum atomic E-state index is 12.1. The van der Waals surface area contributed by atoms with Crippen LogP contribution in [0.25, 0.3) is 0 Å². The summed E-state index contributed by atoms with van der Waals surface area (Å²) in [6, 6.07) is 7.93. The number of rotatable bonds is 5. The van der Waals surface area contributed by atoms with E-state index in [2.05, 4.69) is 27.3 Å². The van der Waals surface area contributed by atoms with Gasteiger partial charge < -0.3 is 5.32 Å². The van der Waals surface area contributed by atoms with Gasteiger partial charge in [-0.2, -0.15) is 0 Å². The Morgan fingerprint density at radius 3 is 2.64 bits per heavy atom. The predicted octanol–water partition coefficient (Wildman–Crippen LogP) is 2.98. The monoisotopic (exact) mass is 315 g/mol. The normalized spacial score (nSPS) is 15.1. The Morgan fingerprint density at radius 2 is 2.00 bits per heavy atom. The zero-order chi connectivity index (χ0) is 15.4. The molecular formula is C17H21N3OS. The molecule has 0 aliphatic carbocycles. The van der Waals surface area contributed by atoms with Gasteiger partial charge in [-0.25, -0.2) is 4.98 Å². The number of benzene rings is 1. The molecule has 0 radical (unpaired) electrons. The number of carbonyl (C=O) groups is 1. The summed E-state index contributed by atoms with van der Waals surface area (Å²) < 4.78 is 0. The van der Waals surface area contributed by atoms with Crippen molar-refractivity contribution in [3.05, 3.63) is 51.5 Å². The number of aromatic nitrogens is 1. The fraction of sp³-hybridized carbons (Fsp3) is 0.412. The van der Waals surface area contributed by atoms with E-state index in [9.17, 15) is 4.79 Å². The number of hydrogen-bond acceptors (Lipinski definition) is 4. The fourth-order valence-electron chi connectivity index (χ4n) is 2.70. The molecule has 5 heteroatoms. The lowest BCUT2D eigenvalue weighted by Gasteiger charge is -2.14. The van der Waals surface area contributed by atoms with Gasteiger partial charge in [-0.1, -0.05) is 12.1 Å². The summed E-state index contributed by atoms with van der Waals surface area (Å²) in [5.41, 5.74) is 2.98. The van der Waals surface area contributed by atoms with Gasteiger partial charge in [0.2, 0.25) is 0 Å². The quantitative estimate of drug-likeness (QED) is 0.922. The van der Waals surface area contributed by atoms with Gasteiger partial charge in [-0.3, -0.25) is 9.69 Å². The van der Waals surface area contributed by atoms with Crippen LogP contribution < -0.4 is 5.32 Å². The van der Waals surface area contributed by atoms with E-state index in [1.165, 1.54) is 31.5 Å². The number of likely N-dealkylation sites (tertiary alicyclic amines) is 1. The first-order chi connectivity index (χ1) is 10.7. The van der Waals surface area contributed by atoms with E-state index in [1.807, 2.05) is 24.4 Å². The minimum Gasteiger partial charge on any atom is -0.346 e. The van der Waals surface area contributed by atoms with Gasteiger partial charge in [0, 0.05) is 23.2 Å². The van der Waals surface area contributed by atoms with Crippen LogP contribution in [0.4, 0.5) is 0 Å². The largest absolute Gasteiger partial charge is 0.346 e. The van der Waals surface area contributed by atoms with Crippen LogP contribution in [0.2, 0.25) is 0 Å². The van der Waals surface area contributed by atoms with Crippen molar-refractivity contribution in [2.45, 2.75) is 32.9 Å². The number of carbonyl (C=O) groups excluding carboxylic acids is 1. The average molecular weight is 315 g/mol. The molecule has 116 valence electrons. The van der Waals surface area contributed by atoms with Gasteiger partial charge in [0.05, 0.1) is 6.54 Å². The lowest BCUT2D eigenvalue weighted by atomic mass is 10.1. The van der Waals surface area contributed by atoms with E-state index >= 15 is 0 Å². The van der Waals surface area contributed by atoms with Crippen molar-refractivity contribution in [1.82, 2.24) is 15.2 Å². The molecule has 1 saturated heterocycles. The second-order valence-electron chi connectivity index (χ2n) is 5.75. The molecule has 0 spiro atoms. The summed E-state index contributed by atoms with van der Waals surface area (Å²) in [5, 5.41) is 5.86. The zero-order valence-corrected chi connectivity index (χ0v) is 13.7. The van der Waals surface area contributed by atoms with Gasteiger partial charge in [0.15, 0.2) is 0 Å². The summed E-state index contributed by atoms with van der Waals surface area (Å²) in [6.07, 6.45) is 2.60. The molecule has 1 fully saturated rings. The molecule has 1 aromatic carbocycles. The first-order valence-corrected chi connectivity index (χ1v) is 8.59. The Morgan fingerprint density at radius 1 is 1.27 bits per heavy atom. The second kappa shape index (κ2) is 7.03. The van der Waals surface area contributed by atoms with E-state index in [0.717, 1.165) is 17.2 Å². The Bertz CT molecular complexity index is 630. The van der Waals surface area contributed by atoms with Gasteiger partial charge in [0.1, 0.15) is 5.01 Å². The molecule has 1 aliphatic rings. The Kier molecular flexibility index (Phi) is 4.85. The third-order valence-electron chi connectivity index (χ3n) is 3.89. The van der Waals surface area contributed by atoms with Gasteiger partial charge in [-0.05, 0) is 50.6 Å². The lowest BCUT2D eigenvalue weighted by molar-refractivity contribution is 0.0951. The maximum absolute atomic E-state index is 12.1. The van der Waals surface area contributed by atoms with Crippen molar-refractivity contribution in [1.29, 1.82) is 0 Å². The molecule has 0 bridgehead atoms. The van der Waals surface area contributed by atoms with E-state index in [0.29, 0.717) is 12.1 Å². The number of aryl methyl sites for hydroxylation is 1. The summed E-state index contributed by atoms with van der Waals surface area (Å²) >= 11 is 1.58. The minimum absolute atomic E-state index is 0.0411. The van der Waals surface area contributed by atoms with Gasteiger partial charge >= 0.3 is 0 Å². The van der Waals surface area contributed by atoms with Crippen molar-refractivity contribution < 1.29 is 4.79 Å². The van der Waals surface area contributed by atoms with Crippen LogP contribution in [-0.4, -0.2) is 28.9 Å². The molecule has 0 unspecified atom stereocenters. The molecule has 0 saturated carbocycles. The maximum Gasteiger partial charge on any atom is 0.251 e. The van der Waals surface area contributed by atoms with E-state index in [1.54, 1.807) is 11.3 Å². The molecule has 1 aromatic heterocycles. The second-order valence-corrected chi connectivity index (χ2v) is 6.69. The lowest BCUT2D eigenvalue weighted by Crippen LogP contribution is -2.23. The number of nitrogens with zero attached hydrogens (tertiary/aromatic N) is 2. The van der Waals surface area contributed by atoms with Crippen LogP contribution in [0.5, 0.6) is 0 Å². The van der Waals surface area contributed by atoms with Crippen LogP contribution in [0.15, 0.2) is 29.6 Å². The van der Waals surface area contributed by atoms with Crippen molar-refractivity contribution in [3.63, 3.8) is 0 Å². The summed E-state index contributed by atoms with van der Waals surface area (Å²) in [5.74, 6) is -0.0411. The van der Waals surface area contributed by atoms with Crippen molar-refractivity contribution in [3.8, 4) is 0 Å². The van der Waals surface area contributed by atoms with Gasteiger partial charge in [0.25, 0.3) is 5.91 Å². The van der Waals surface area contributed by atoms with Crippen LogP contribution in [-0.2, 0) is 13.1 Å². The molecule has 0 atom stereocenters. The standard InChI is InChI=1S/C17H21N3OS/c1-13-12-22-16(19-13)10-18-17(21)15-6-4-14(5-7-15)11-20-8-2-3-9-20/h4-7,12H,2-3,8-11H2,1H3,(H,18,21). The molecule has 1 aliphatic heterocycles. The molecule has 4 nitrogen and oxygen atoms in total. The molecule has 2 aromatic rings. The Hall–Kier alpha value is -1.72. The first kappa shape index (κ1) is 15.2. The Balaban J connectivity index is 1.53. The highest BCUT2D eigenvalue weighted by Gasteiger charge is 2.12. The number of hydrogen-bond donors (Lipinski definition) is 1. The number of amides is 1. The topological polar surface area (TPSA) is 45.2 Å². The minimum atomic E-state index is -0.0411. The third-order valence-corrected chi connectivity index (χ3v) is 4.85. The molecule has 3 rings (SSSR count). The molecular weight excluding hydrogens is 294 g/mol. The third kappa shape index (κ3) is 3.93.